The molecule has 6 nitrogen and oxygen atoms in total. The number of rotatable bonds is 8. The van der Waals surface area contributed by atoms with Gasteiger partial charge < -0.3 is 19.6 Å². The second-order valence-electron chi connectivity index (χ2n) is 5.38. The highest BCUT2D eigenvalue weighted by molar-refractivity contribution is 5.86. The Morgan fingerprint density at radius 2 is 2.10 bits per heavy atom. The van der Waals surface area contributed by atoms with Gasteiger partial charge in [0.1, 0.15) is 12.3 Å². The Morgan fingerprint density at radius 1 is 1.40 bits per heavy atom. The second-order valence-corrected chi connectivity index (χ2v) is 5.38. The van der Waals surface area contributed by atoms with Crippen molar-refractivity contribution in [3.63, 3.8) is 0 Å². The zero-order valence-corrected chi connectivity index (χ0v) is 12.9. The Balaban J connectivity index is 2.50. The van der Waals surface area contributed by atoms with Crippen molar-refractivity contribution in [3.8, 4) is 0 Å². The van der Waals surface area contributed by atoms with Crippen LogP contribution in [0, 0.1) is 0 Å². The van der Waals surface area contributed by atoms with Gasteiger partial charge in [-0.2, -0.15) is 0 Å². The van der Waals surface area contributed by atoms with Crippen LogP contribution < -0.4 is 5.43 Å². The molecular formula is C14H26N2O4. The van der Waals surface area contributed by atoms with Crippen LogP contribution in [0.1, 0.15) is 26.7 Å². The van der Waals surface area contributed by atoms with Gasteiger partial charge >= 0.3 is 5.97 Å². The summed E-state index contributed by atoms with van der Waals surface area (Å²) in [5.74, 6) is -0.456. The largest absolute Gasteiger partial charge is 0.459 e. The van der Waals surface area contributed by atoms with Crippen molar-refractivity contribution in [2.75, 3.05) is 34.0 Å². The van der Waals surface area contributed by atoms with E-state index in [1.807, 2.05) is 18.9 Å². The number of hydrazine groups is 1. The molecule has 0 saturated carbocycles. The summed E-state index contributed by atoms with van der Waals surface area (Å²) < 4.78 is 15.4. The van der Waals surface area contributed by atoms with E-state index in [9.17, 15) is 4.79 Å². The third-order valence-electron chi connectivity index (χ3n) is 3.63. The normalized spacial score (nSPS) is 19.9. The van der Waals surface area contributed by atoms with Gasteiger partial charge in [-0.3, -0.25) is 0 Å². The Morgan fingerprint density at radius 3 is 2.70 bits per heavy atom. The van der Waals surface area contributed by atoms with Crippen molar-refractivity contribution in [3.05, 3.63) is 12.3 Å². The predicted octanol–water partition coefficient (Wildman–Crippen LogP) is 1.08. The molecule has 116 valence electrons. The van der Waals surface area contributed by atoms with Gasteiger partial charge in [-0.1, -0.05) is 6.58 Å². The molecule has 0 amide bonds. The highest BCUT2D eigenvalue weighted by Crippen LogP contribution is 2.27. The molecule has 20 heavy (non-hydrogen) atoms. The first-order valence-corrected chi connectivity index (χ1v) is 6.85. The van der Waals surface area contributed by atoms with Gasteiger partial charge in [-0.15, -0.1) is 0 Å². The first kappa shape index (κ1) is 16.9. The number of carbonyl (C=O) groups excluding carboxylic acids is 1. The topological polar surface area (TPSA) is 60.0 Å². The summed E-state index contributed by atoms with van der Waals surface area (Å²) in [5, 5.41) is 2.00. The molecule has 0 aromatic carbocycles. The number of ether oxygens (including phenoxy) is 3. The highest BCUT2D eigenvalue weighted by atomic mass is 16.6. The first-order chi connectivity index (χ1) is 9.42. The van der Waals surface area contributed by atoms with Crippen LogP contribution in [0.5, 0.6) is 0 Å². The SMILES string of the molecule is C=C(NN1CCC[C@H]1C(C)(C)OC)C(=O)OCCOC. The summed E-state index contributed by atoms with van der Waals surface area (Å²) >= 11 is 0. The molecule has 0 aliphatic carbocycles. The van der Waals surface area contributed by atoms with Gasteiger partial charge in [0, 0.05) is 20.8 Å². The summed E-state index contributed by atoms with van der Waals surface area (Å²) in [7, 11) is 3.26. The average molecular weight is 286 g/mol. The van der Waals surface area contributed by atoms with Crippen molar-refractivity contribution in [1.29, 1.82) is 0 Å². The smallest absolute Gasteiger partial charge is 0.355 e. The Labute approximate surface area is 121 Å². The standard InChI is InChI=1S/C14H26N2O4/c1-11(13(17)20-10-9-18-4)15-16-8-6-7-12(16)14(2,3)19-5/h12,15H,1,6-10H2,2-5H3/t12-/m0/s1. The third-order valence-corrected chi connectivity index (χ3v) is 3.63. The monoisotopic (exact) mass is 286 g/mol. The van der Waals surface area contributed by atoms with Crippen LogP contribution in [-0.4, -0.2) is 56.6 Å². The molecule has 0 spiro atoms. The summed E-state index contributed by atoms with van der Waals surface area (Å²) in [6.45, 7) is 9.26. The second kappa shape index (κ2) is 7.61. The zero-order chi connectivity index (χ0) is 15.2. The van der Waals surface area contributed by atoms with Crippen molar-refractivity contribution < 1.29 is 19.0 Å². The highest BCUT2D eigenvalue weighted by Gasteiger charge is 2.38. The lowest BCUT2D eigenvalue weighted by molar-refractivity contribution is -0.141. The van der Waals surface area contributed by atoms with Crippen LogP contribution in [0.3, 0.4) is 0 Å². The van der Waals surface area contributed by atoms with Crippen molar-refractivity contribution in [2.45, 2.75) is 38.3 Å². The van der Waals surface area contributed by atoms with Crippen molar-refractivity contribution in [2.24, 2.45) is 0 Å². The van der Waals surface area contributed by atoms with Crippen molar-refractivity contribution >= 4 is 5.97 Å². The molecule has 6 heteroatoms. The van der Waals surface area contributed by atoms with E-state index in [0.717, 1.165) is 19.4 Å². The van der Waals surface area contributed by atoms with Gasteiger partial charge in [-0.05, 0) is 26.7 Å². The minimum absolute atomic E-state index is 0.191. The fourth-order valence-corrected chi connectivity index (χ4v) is 2.28. The van der Waals surface area contributed by atoms with Crippen LogP contribution >= 0.6 is 0 Å². The van der Waals surface area contributed by atoms with E-state index in [2.05, 4.69) is 12.0 Å². The quantitative estimate of drug-likeness (QED) is 0.409. The molecule has 0 aromatic rings. The van der Waals surface area contributed by atoms with Crippen LogP contribution in [-0.2, 0) is 19.0 Å². The molecule has 1 aliphatic rings. The van der Waals surface area contributed by atoms with Crippen LogP contribution in [0.25, 0.3) is 0 Å². The molecule has 1 rings (SSSR count). The lowest BCUT2D eigenvalue weighted by Gasteiger charge is -2.37. The maximum atomic E-state index is 11.7. The molecule has 1 aliphatic heterocycles. The molecule has 0 radical (unpaired) electrons. The summed E-state index contributed by atoms with van der Waals surface area (Å²) in [6, 6.07) is 0.191. The number of nitrogens with one attached hydrogen (secondary N) is 1. The maximum Gasteiger partial charge on any atom is 0.355 e. The zero-order valence-electron chi connectivity index (χ0n) is 12.9. The molecule has 1 heterocycles. The molecule has 0 bridgehead atoms. The van der Waals surface area contributed by atoms with E-state index in [1.165, 1.54) is 0 Å². The fraction of sp³-hybridized carbons (Fsp3) is 0.786. The number of hydrogen-bond donors (Lipinski definition) is 1. The molecule has 1 fully saturated rings. The molecule has 1 atom stereocenters. The van der Waals surface area contributed by atoms with E-state index < -0.39 is 5.97 Å². The summed E-state index contributed by atoms with van der Waals surface area (Å²) in [5.41, 5.74) is 2.99. The van der Waals surface area contributed by atoms with Crippen LogP contribution in [0.4, 0.5) is 0 Å². The van der Waals surface area contributed by atoms with Gasteiger partial charge in [-0.25, -0.2) is 9.80 Å². The lowest BCUT2D eigenvalue weighted by atomic mass is 9.97. The lowest BCUT2D eigenvalue weighted by Crippen LogP contribution is -2.52. The summed E-state index contributed by atoms with van der Waals surface area (Å²) in [4.78, 5) is 11.7. The fourth-order valence-electron chi connectivity index (χ4n) is 2.28. The minimum Gasteiger partial charge on any atom is -0.459 e. The van der Waals surface area contributed by atoms with Crippen LogP contribution in [0.15, 0.2) is 12.3 Å². The average Bonchev–Trinajstić information content (AvgIpc) is 2.87. The maximum absolute atomic E-state index is 11.7. The number of methoxy groups -OCH3 is 2. The first-order valence-electron chi connectivity index (χ1n) is 6.85. The molecule has 0 unspecified atom stereocenters. The Hall–Kier alpha value is -1.11. The van der Waals surface area contributed by atoms with E-state index in [0.29, 0.717) is 6.61 Å². The summed E-state index contributed by atoms with van der Waals surface area (Å²) in [6.07, 6.45) is 2.07. The Kier molecular flexibility index (Phi) is 6.45. The van der Waals surface area contributed by atoms with E-state index in [-0.39, 0.29) is 23.9 Å². The molecule has 1 N–H and O–H groups in total. The number of hydrogen-bond acceptors (Lipinski definition) is 6. The van der Waals surface area contributed by atoms with Crippen LogP contribution in [0.2, 0.25) is 0 Å². The Bertz CT molecular complexity index is 344. The van der Waals surface area contributed by atoms with E-state index in [4.69, 9.17) is 14.2 Å². The van der Waals surface area contributed by atoms with Gasteiger partial charge in [0.2, 0.25) is 0 Å². The van der Waals surface area contributed by atoms with Gasteiger partial charge in [0.15, 0.2) is 0 Å². The molecular weight excluding hydrogens is 260 g/mol. The van der Waals surface area contributed by atoms with E-state index >= 15 is 0 Å². The van der Waals surface area contributed by atoms with Crippen molar-refractivity contribution in [1.82, 2.24) is 10.4 Å². The minimum atomic E-state index is -0.456. The molecule has 1 saturated heterocycles. The third kappa shape index (κ3) is 4.47. The van der Waals surface area contributed by atoms with Gasteiger partial charge in [0.25, 0.3) is 0 Å². The number of carbonyl (C=O) groups is 1. The number of nitrogens with zero attached hydrogens (tertiary/aromatic N) is 1. The molecule has 0 aromatic heterocycles. The number of esters is 1. The van der Waals surface area contributed by atoms with E-state index in [1.54, 1.807) is 14.2 Å². The van der Waals surface area contributed by atoms with Gasteiger partial charge in [0.05, 0.1) is 18.2 Å². The predicted molar refractivity (Wildman–Crippen MR) is 75.9 cm³/mol.